The fourth-order valence-electron chi connectivity index (χ4n) is 3.04. The second-order valence-corrected chi connectivity index (χ2v) is 8.76. The normalized spacial score (nSPS) is 15.0. The smallest absolute Gasteiger partial charge is 0.293 e. The van der Waals surface area contributed by atoms with Crippen LogP contribution in [-0.2, 0) is 17.9 Å². The Morgan fingerprint density at radius 1 is 1.00 bits per heavy atom. The summed E-state index contributed by atoms with van der Waals surface area (Å²) in [7, 11) is 0. The minimum absolute atomic E-state index is 0.126. The number of hydrogen-bond acceptors (Lipinski definition) is 4. The summed E-state index contributed by atoms with van der Waals surface area (Å²) in [5.41, 5.74) is 2.12. The molecule has 0 N–H and O–H groups in total. The number of carbonyl (C=O) groups excluding carboxylic acids is 2. The topological polar surface area (TPSA) is 46.6 Å². The summed E-state index contributed by atoms with van der Waals surface area (Å²) in [6.07, 6.45) is 1.69. The summed E-state index contributed by atoms with van der Waals surface area (Å²) in [5.74, 6) is -0.0317. The molecule has 3 aromatic carbocycles. The highest BCUT2D eigenvalue weighted by molar-refractivity contribution is 9.10. The maximum absolute atomic E-state index is 13.7. The van der Waals surface area contributed by atoms with Crippen LogP contribution in [0.5, 0.6) is 5.75 Å². The quantitative estimate of drug-likeness (QED) is 0.369. The van der Waals surface area contributed by atoms with Crippen molar-refractivity contribution in [2.24, 2.45) is 0 Å². The Morgan fingerprint density at radius 3 is 2.52 bits per heavy atom. The molecule has 0 spiro atoms. The Hall–Kier alpha value is -2.90. The van der Waals surface area contributed by atoms with Gasteiger partial charge >= 0.3 is 0 Å². The van der Waals surface area contributed by atoms with Crippen molar-refractivity contribution in [2.45, 2.75) is 13.2 Å². The molecule has 1 saturated heterocycles. The summed E-state index contributed by atoms with van der Waals surface area (Å²) in [6.45, 7) is 0.352. The van der Waals surface area contributed by atoms with E-state index < -0.39 is 0 Å². The molecule has 7 heteroatoms. The number of rotatable bonds is 6. The molecule has 2 amide bonds. The van der Waals surface area contributed by atoms with Gasteiger partial charge in [0.2, 0.25) is 0 Å². The van der Waals surface area contributed by atoms with Gasteiger partial charge in [0.05, 0.1) is 11.4 Å². The molecule has 4 nitrogen and oxygen atoms in total. The van der Waals surface area contributed by atoms with E-state index in [1.807, 2.05) is 24.3 Å². The zero-order chi connectivity index (χ0) is 21.8. The van der Waals surface area contributed by atoms with Crippen molar-refractivity contribution in [2.75, 3.05) is 0 Å². The maximum atomic E-state index is 13.7. The molecule has 0 radical (unpaired) electrons. The summed E-state index contributed by atoms with van der Waals surface area (Å²) >= 11 is 4.33. The monoisotopic (exact) mass is 497 g/mol. The molecule has 1 heterocycles. The first kappa shape index (κ1) is 21.3. The van der Waals surface area contributed by atoms with Gasteiger partial charge in [0.1, 0.15) is 18.2 Å². The molecule has 1 aliphatic heterocycles. The molecule has 1 fully saturated rings. The van der Waals surface area contributed by atoms with Crippen LogP contribution in [0.1, 0.15) is 16.7 Å². The lowest BCUT2D eigenvalue weighted by atomic mass is 10.2. The molecular formula is C24H17BrFNO3S. The van der Waals surface area contributed by atoms with Gasteiger partial charge in [0.25, 0.3) is 11.1 Å². The van der Waals surface area contributed by atoms with Crippen LogP contribution in [0.2, 0.25) is 0 Å². The van der Waals surface area contributed by atoms with E-state index in [2.05, 4.69) is 15.9 Å². The van der Waals surface area contributed by atoms with Gasteiger partial charge in [-0.25, -0.2) is 4.39 Å². The number of nitrogens with zero attached hydrogens (tertiary/aromatic N) is 1. The third-order valence-electron chi connectivity index (χ3n) is 4.63. The standard InChI is InChI=1S/C24H17BrFNO3S/c25-19-6-3-4-17(12-19)14-27-23(28)22(31-24(27)29)13-16-8-10-20(11-9-16)30-15-18-5-1-2-7-21(18)26/h1-13H,14-15H2/b22-13+. The van der Waals surface area contributed by atoms with Crippen LogP contribution < -0.4 is 4.74 Å². The van der Waals surface area contributed by atoms with Crippen LogP contribution in [0, 0.1) is 5.82 Å². The van der Waals surface area contributed by atoms with E-state index in [0.717, 1.165) is 27.4 Å². The van der Waals surface area contributed by atoms with E-state index in [9.17, 15) is 14.0 Å². The van der Waals surface area contributed by atoms with Gasteiger partial charge in [-0.15, -0.1) is 0 Å². The lowest BCUT2D eigenvalue weighted by molar-refractivity contribution is -0.123. The molecule has 0 atom stereocenters. The van der Waals surface area contributed by atoms with Crippen molar-refractivity contribution >= 4 is 44.9 Å². The van der Waals surface area contributed by atoms with Gasteiger partial charge in [-0.05, 0) is 59.3 Å². The average molecular weight is 498 g/mol. The number of ether oxygens (including phenoxy) is 1. The summed E-state index contributed by atoms with van der Waals surface area (Å²) in [6, 6.07) is 21.0. The van der Waals surface area contributed by atoms with Crippen molar-refractivity contribution in [3.63, 3.8) is 0 Å². The van der Waals surface area contributed by atoms with Gasteiger partial charge in [0, 0.05) is 10.0 Å². The Kier molecular flexibility index (Phi) is 6.53. The van der Waals surface area contributed by atoms with Crippen molar-refractivity contribution in [1.29, 1.82) is 0 Å². The highest BCUT2D eigenvalue weighted by Crippen LogP contribution is 2.33. The fraction of sp³-hybridized carbons (Fsp3) is 0.0833. The van der Waals surface area contributed by atoms with Gasteiger partial charge in [-0.3, -0.25) is 14.5 Å². The number of imide groups is 1. The first-order chi connectivity index (χ1) is 15.0. The van der Waals surface area contributed by atoms with Crippen molar-refractivity contribution in [3.8, 4) is 5.75 Å². The Bertz CT molecular complexity index is 1160. The third-order valence-corrected chi connectivity index (χ3v) is 6.03. The van der Waals surface area contributed by atoms with E-state index in [-0.39, 0.29) is 30.1 Å². The van der Waals surface area contributed by atoms with E-state index in [1.165, 1.54) is 11.0 Å². The molecule has 3 aromatic rings. The number of carbonyl (C=O) groups is 2. The predicted molar refractivity (Wildman–Crippen MR) is 123 cm³/mol. The molecular weight excluding hydrogens is 481 g/mol. The molecule has 0 saturated carbocycles. The van der Waals surface area contributed by atoms with E-state index in [0.29, 0.717) is 16.2 Å². The first-order valence-corrected chi connectivity index (χ1v) is 11.1. The molecule has 1 aliphatic rings. The molecule has 0 aliphatic carbocycles. The number of amides is 2. The zero-order valence-corrected chi connectivity index (χ0v) is 18.7. The molecule has 31 heavy (non-hydrogen) atoms. The van der Waals surface area contributed by atoms with Gasteiger partial charge in [-0.2, -0.15) is 0 Å². The SMILES string of the molecule is O=C1S/C(=C/c2ccc(OCc3ccccc3F)cc2)C(=O)N1Cc1cccc(Br)c1. The van der Waals surface area contributed by atoms with Gasteiger partial charge in [-0.1, -0.05) is 58.4 Å². The van der Waals surface area contributed by atoms with Crippen LogP contribution in [0.3, 0.4) is 0 Å². The third kappa shape index (κ3) is 5.24. The molecule has 156 valence electrons. The molecule has 0 aromatic heterocycles. The summed E-state index contributed by atoms with van der Waals surface area (Å²) < 4.78 is 20.2. The summed E-state index contributed by atoms with van der Waals surface area (Å²) in [4.78, 5) is 26.7. The van der Waals surface area contributed by atoms with Crippen LogP contribution in [0.15, 0.2) is 82.2 Å². The number of halogens is 2. The highest BCUT2D eigenvalue weighted by Gasteiger charge is 2.34. The fourth-order valence-corrected chi connectivity index (χ4v) is 4.33. The van der Waals surface area contributed by atoms with E-state index in [4.69, 9.17) is 4.74 Å². The Labute approximate surface area is 191 Å². The zero-order valence-electron chi connectivity index (χ0n) is 16.3. The first-order valence-electron chi connectivity index (χ1n) is 9.46. The van der Waals surface area contributed by atoms with Gasteiger partial charge < -0.3 is 4.74 Å². The maximum Gasteiger partial charge on any atom is 0.293 e. The average Bonchev–Trinajstić information content (AvgIpc) is 3.02. The second-order valence-electron chi connectivity index (χ2n) is 6.85. The predicted octanol–water partition coefficient (Wildman–Crippen LogP) is 6.40. The van der Waals surface area contributed by atoms with Gasteiger partial charge in [0.15, 0.2) is 0 Å². The Morgan fingerprint density at radius 2 is 1.77 bits per heavy atom. The van der Waals surface area contributed by atoms with Crippen molar-refractivity contribution in [3.05, 3.63) is 105 Å². The Balaban J connectivity index is 1.42. The van der Waals surface area contributed by atoms with Crippen molar-refractivity contribution in [1.82, 2.24) is 4.90 Å². The van der Waals surface area contributed by atoms with Crippen LogP contribution in [0.4, 0.5) is 9.18 Å². The molecule has 0 unspecified atom stereocenters. The lowest BCUT2D eigenvalue weighted by Gasteiger charge is -2.12. The van der Waals surface area contributed by atoms with Crippen LogP contribution >= 0.6 is 27.7 Å². The number of benzene rings is 3. The minimum atomic E-state index is -0.310. The van der Waals surface area contributed by atoms with Crippen molar-refractivity contribution < 1.29 is 18.7 Å². The highest BCUT2D eigenvalue weighted by atomic mass is 79.9. The number of thioether (sulfide) groups is 1. The molecule has 0 bridgehead atoms. The molecule has 4 rings (SSSR count). The van der Waals surface area contributed by atoms with E-state index in [1.54, 1.807) is 48.5 Å². The van der Waals surface area contributed by atoms with Crippen LogP contribution in [0.25, 0.3) is 6.08 Å². The summed E-state index contributed by atoms with van der Waals surface area (Å²) in [5, 5.41) is -0.291. The minimum Gasteiger partial charge on any atom is -0.489 e. The van der Waals surface area contributed by atoms with E-state index >= 15 is 0 Å². The second kappa shape index (κ2) is 9.49. The largest absolute Gasteiger partial charge is 0.489 e. The lowest BCUT2D eigenvalue weighted by Crippen LogP contribution is -2.27. The number of hydrogen-bond donors (Lipinski definition) is 0. The van der Waals surface area contributed by atoms with Crippen LogP contribution in [-0.4, -0.2) is 16.0 Å².